The zero-order chi connectivity index (χ0) is 15.1. The highest BCUT2D eigenvalue weighted by Crippen LogP contribution is 2.34. The molecule has 0 aliphatic heterocycles. The van der Waals surface area contributed by atoms with Crippen LogP contribution in [0.5, 0.6) is 0 Å². The van der Waals surface area contributed by atoms with E-state index in [-0.39, 0.29) is 16.3 Å². The number of hydrogen-bond acceptors (Lipinski definition) is 5. The molecule has 0 fully saturated rings. The van der Waals surface area contributed by atoms with Crippen LogP contribution in [0.15, 0.2) is 0 Å². The van der Waals surface area contributed by atoms with E-state index in [9.17, 15) is 13.2 Å². The topological polar surface area (TPSA) is 69.1 Å². The summed E-state index contributed by atoms with van der Waals surface area (Å²) >= 11 is 1.11. The number of nitrogens with two attached hydrogens (primary N) is 1. The van der Waals surface area contributed by atoms with Gasteiger partial charge in [-0.05, 0) is 11.8 Å². The summed E-state index contributed by atoms with van der Waals surface area (Å²) in [6.45, 7) is 6.49. The van der Waals surface area contributed by atoms with Gasteiger partial charge >= 0.3 is 6.18 Å². The highest BCUT2D eigenvalue weighted by atomic mass is 32.1. The van der Waals surface area contributed by atoms with E-state index in [1.807, 2.05) is 0 Å². The summed E-state index contributed by atoms with van der Waals surface area (Å²) in [6, 6.07) is 0. The Bertz CT molecular complexity index is 595. The molecule has 20 heavy (non-hydrogen) atoms. The Morgan fingerprint density at radius 1 is 1.25 bits per heavy atom. The zero-order valence-corrected chi connectivity index (χ0v) is 12.2. The van der Waals surface area contributed by atoms with Crippen LogP contribution in [0.1, 0.15) is 43.9 Å². The molecule has 0 aromatic carbocycles. The predicted octanol–water partition coefficient (Wildman–Crippen LogP) is 2.68. The van der Waals surface area contributed by atoms with Crippen LogP contribution >= 0.6 is 11.3 Å². The van der Waals surface area contributed by atoms with Crippen molar-refractivity contribution in [1.29, 1.82) is 0 Å². The summed E-state index contributed by atoms with van der Waals surface area (Å²) in [7, 11) is 0. The van der Waals surface area contributed by atoms with Gasteiger partial charge in [0.05, 0.1) is 0 Å². The first kappa shape index (κ1) is 15.2. The minimum atomic E-state index is -4.56. The molecule has 0 aliphatic carbocycles. The highest BCUT2D eigenvalue weighted by molar-refractivity contribution is 7.16. The number of nitrogens with zero attached hydrogens (tertiary/aromatic N) is 4. The van der Waals surface area contributed by atoms with Crippen LogP contribution in [-0.4, -0.2) is 26.4 Å². The lowest BCUT2D eigenvalue weighted by Crippen LogP contribution is -2.20. The third-order valence-electron chi connectivity index (χ3n) is 2.75. The molecule has 0 bridgehead atoms. The van der Waals surface area contributed by atoms with Crippen LogP contribution < -0.4 is 5.73 Å². The second-order valence-corrected chi connectivity index (χ2v) is 6.84. The van der Waals surface area contributed by atoms with Gasteiger partial charge in [-0.1, -0.05) is 32.1 Å². The molecule has 0 amide bonds. The molecule has 0 spiro atoms. The molecule has 2 rings (SSSR count). The van der Waals surface area contributed by atoms with Gasteiger partial charge in [-0.3, -0.25) is 0 Å². The first-order valence-electron chi connectivity index (χ1n) is 6.11. The molecule has 1 unspecified atom stereocenters. The fourth-order valence-corrected chi connectivity index (χ4v) is 2.94. The Kier molecular flexibility index (Phi) is 3.76. The lowest BCUT2D eigenvalue weighted by Gasteiger charge is -2.23. The summed E-state index contributed by atoms with van der Waals surface area (Å²) < 4.78 is 38.9. The van der Waals surface area contributed by atoms with Gasteiger partial charge in [0.25, 0.3) is 5.82 Å². The molecule has 0 aliphatic rings. The molecular formula is C11H16F3N5S. The van der Waals surface area contributed by atoms with Crippen molar-refractivity contribution in [3.05, 3.63) is 10.8 Å². The SMILES string of the molecule is CC(C)(C)CC(CN)c1nn2c(C(F)(F)F)nnc2s1. The maximum Gasteiger partial charge on any atom is 0.453 e. The smallest absolute Gasteiger partial charge is 0.330 e. The molecule has 1 atom stereocenters. The third-order valence-corrected chi connectivity index (χ3v) is 3.81. The van der Waals surface area contributed by atoms with Gasteiger partial charge in [0.2, 0.25) is 4.96 Å². The lowest BCUT2D eigenvalue weighted by atomic mass is 9.85. The predicted molar refractivity (Wildman–Crippen MR) is 69.5 cm³/mol. The average molecular weight is 307 g/mol. The Hall–Kier alpha value is -1.22. The van der Waals surface area contributed by atoms with E-state index < -0.39 is 12.0 Å². The maximum absolute atomic E-state index is 12.7. The second-order valence-electron chi connectivity index (χ2n) is 5.85. The Balaban J connectivity index is 2.38. The average Bonchev–Trinajstić information content (AvgIpc) is 2.81. The molecule has 2 aromatic heterocycles. The third kappa shape index (κ3) is 3.09. The van der Waals surface area contributed by atoms with E-state index in [2.05, 4.69) is 36.1 Å². The van der Waals surface area contributed by atoms with Gasteiger partial charge in [0, 0.05) is 12.5 Å². The van der Waals surface area contributed by atoms with Crippen molar-refractivity contribution >= 4 is 16.3 Å². The molecule has 112 valence electrons. The molecule has 0 saturated heterocycles. The number of fused-ring (bicyclic) bond motifs is 1. The molecule has 5 nitrogen and oxygen atoms in total. The number of aromatic nitrogens is 4. The standard InChI is InChI=1S/C11H16F3N5S/c1-10(2,3)4-6(5-15)7-18-19-8(11(12,13)14)16-17-9(19)20-7/h6H,4-5,15H2,1-3H3. The van der Waals surface area contributed by atoms with Crippen molar-refractivity contribution in [3.63, 3.8) is 0 Å². The van der Waals surface area contributed by atoms with Gasteiger partial charge in [0.1, 0.15) is 5.01 Å². The maximum atomic E-state index is 12.7. The fourth-order valence-electron chi connectivity index (χ4n) is 1.98. The van der Waals surface area contributed by atoms with Crippen molar-refractivity contribution in [2.75, 3.05) is 6.54 Å². The number of rotatable bonds is 3. The van der Waals surface area contributed by atoms with Crippen LogP contribution in [0.4, 0.5) is 13.2 Å². The Morgan fingerprint density at radius 2 is 1.90 bits per heavy atom. The largest absolute Gasteiger partial charge is 0.453 e. The summed E-state index contributed by atoms with van der Waals surface area (Å²) in [4.78, 5) is 0.139. The molecule has 0 radical (unpaired) electrons. The minimum Gasteiger partial charge on any atom is -0.330 e. The van der Waals surface area contributed by atoms with Gasteiger partial charge in [-0.25, -0.2) is 0 Å². The Morgan fingerprint density at radius 3 is 2.40 bits per heavy atom. The van der Waals surface area contributed by atoms with Crippen molar-refractivity contribution < 1.29 is 13.2 Å². The fraction of sp³-hybridized carbons (Fsp3) is 0.727. The van der Waals surface area contributed by atoms with Gasteiger partial charge < -0.3 is 5.73 Å². The van der Waals surface area contributed by atoms with E-state index in [1.54, 1.807) is 0 Å². The monoisotopic (exact) mass is 307 g/mol. The van der Waals surface area contributed by atoms with Crippen LogP contribution in [-0.2, 0) is 6.18 Å². The number of hydrogen-bond donors (Lipinski definition) is 1. The number of halogens is 3. The normalized spacial score (nSPS) is 14.9. The molecule has 2 heterocycles. The van der Waals surface area contributed by atoms with Gasteiger partial charge in [-0.15, -0.1) is 10.2 Å². The van der Waals surface area contributed by atoms with Crippen molar-refractivity contribution in [3.8, 4) is 0 Å². The summed E-state index contributed by atoms with van der Waals surface area (Å²) in [5.41, 5.74) is 5.74. The van der Waals surface area contributed by atoms with Gasteiger partial charge in [-0.2, -0.15) is 22.8 Å². The molecule has 0 saturated carbocycles. The molecular weight excluding hydrogens is 291 g/mol. The van der Waals surface area contributed by atoms with Crippen molar-refractivity contribution in [2.45, 2.75) is 39.3 Å². The quantitative estimate of drug-likeness (QED) is 0.946. The van der Waals surface area contributed by atoms with E-state index in [4.69, 9.17) is 5.73 Å². The first-order valence-corrected chi connectivity index (χ1v) is 6.93. The minimum absolute atomic E-state index is 0.0168. The molecule has 2 aromatic rings. The van der Waals surface area contributed by atoms with Crippen LogP contribution in [0.25, 0.3) is 4.96 Å². The van der Waals surface area contributed by atoms with Crippen LogP contribution in [0, 0.1) is 5.41 Å². The molecule has 9 heteroatoms. The van der Waals surface area contributed by atoms with Crippen LogP contribution in [0.3, 0.4) is 0 Å². The Labute approximate surface area is 118 Å². The first-order chi connectivity index (χ1) is 9.12. The lowest BCUT2D eigenvalue weighted by molar-refractivity contribution is -0.146. The second kappa shape index (κ2) is 4.96. The number of alkyl halides is 3. The molecule has 2 N–H and O–H groups in total. The summed E-state index contributed by atoms with van der Waals surface area (Å²) in [5.74, 6) is -1.18. The van der Waals surface area contributed by atoms with E-state index in [0.29, 0.717) is 11.6 Å². The van der Waals surface area contributed by atoms with E-state index in [0.717, 1.165) is 22.3 Å². The van der Waals surface area contributed by atoms with Crippen LogP contribution in [0.2, 0.25) is 0 Å². The zero-order valence-electron chi connectivity index (χ0n) is 11.4. The van der Waals surface area contributed by atoms with Crippen molar-refractivity contribution in [2.24, 2.45) is 11.1 Å². The van der Waals surface area contributed by atoms with Crippen molar-refractivity contribution in [1.82, 2.24) is 19.8 Å². The highest BCUT2D eigenvalue weighted by Gasteiger charge is 2.38. The summed E-state index contributed by atoms with van der Waals surface area (Å²) in [5, 5.41) is 11.2. The summed E-state index contributed by atoms with van der Waals surface area (Å²) in [6.07, 6.45) is -3.82. The van der Waals surface area contributed by atoms with Gasteiger partial charge in [0.15, 0.2) is 0 Å². The van der Waals surface area contributed by atoms with E-state index >= 15 is 0 Å². The van der Waals surface area contributed by atoms with E-state index in [1.165, 1.54) is 0 Å².